The van der Waals surface area contributed by atoms with Gasteiger partial charge in [0.1, 0.15) is 0 Å². The summed E-state index contributed by atoms with van der Waals surface area (Å²) in [7, 11) is 0. The highest BCUT2D eigenvalue weighted by Gasteiger charge is 2.23. The Bertz CT molecular complexity index is 707. The number of carbonyl (C=O) groups is 1. The highest BCUT2D eigenvalue weighted by Crippen LogP contribution is 2.34. The van der Waals surface area contributed by atoms with Crippen LogP contribution >= 0.6 is 23.2 Å². The van der Waals surface area contributed by atoms with Crippen molar-refractivity contribution in [2.24, 2.45) is 0 Å². The van der Waals surface area contributed by atoms with Crippen molar-refractivity contribution in [3.8, 4) is 0 Å². The van der Waals surface area contributed by atoms with E-state index in [0.717, 1.165) is 16.8 Å². The van der Waals surface area contributed by atoms with E-state index in [4.69, 9.17) is 23.2 Å². The van der Waals surface area contributed by atoms with Crippen LogP contribution in [-0.2, 0) is 4.79 Å². The van der Waals surface area contributed by atoms with Crippen molar-refractivity contribution in [3.63, 3.8) is 0 Å². The van der Waals surface area contributed by atoms with Crippen LogP contribution in [0.15, 0.2) is 42.5 Å². The molecule has 0 unspecified atom stereocenters. The molecule has 1 aliphatic heterocycles. The molecule has 0 fully saturated rings. The summed E-state index contributed by atoms with van der Waals surface area (Å²) >= 11 is 12.1. The molecular weight excluding hydrogens is 281 g/mol. The molecule has 1 amide bonds. The van der Waals surface area contributed by atoms with Gasteiger partial charge in [0, 0.05) is 26.9 Å². The molecule has 1 heterocycles. The maximum absolute atomic E-state index is 12.0. The smallest absolute Gasteiger partial charge is 0.256 e. The second-order valence-electron chi connectivity index (χ2n) is 4.22. The number of amides is 1. The fourth-order valence-corrected chi connectivity index (χ4v) is 2.42. The Morgan fingerprint density at radius 3 is 2.68 bits per heavy atom. The van der Waals surface area contributed by atoms with Crippen molar-refractivity contribution in [2.45, 2.75) is 0 Å². The van der Waals surface area contributed by atoms with Gasteiger partial charge in [-0.3, -0.25) is 4.79 Å². The number of nitrogens with one attached hydrogen (secondary N) is 1. The van der Waals surface area contributed by atoms with Crippen LogP contribution in [-0.4, -0.2) is 5.91 Å². The van der Waals surface area contributed by atoms with Crippen LogP contribution in [0.3, 0.4) is 0 Å². The van der Waals surface area contributed by atoms with E-state index in [1.807, 2.05) is 24.3 Å². The van der Waals surface area contributed by atoms with Crippen LogP contribution in [0.1, 0.15) is 11.1 Å². The van der Waals surface area contributed by atoms with Crippen LogP contribution in [0.25, 0.3) is 11.6 Å². The largest absolute Gasteiger partial charge is 0.321 e. The van der Waals surface area contributed by atoms with Crippen LogP contribution in [0.2, 0.25) is 10.0 Å². The van der Waals surface area contributed by atoms with Crippen LogP contribution in [0.5, 0.6) is 0 Å². The first-order valence-electron chi connectivity index (χ1n) is 5.72. The quantitative estimate of drug-likeness (QED) is 0.770. The molecule has 0 radical (unpaired) electrons. The first kappa shape index (κ1) is 12.3. The lowest BCUT2D eigenvalue weighted by atomic mass is 10.0. The predicted molar refractivity (Wildman–Crippen MR) is 79.4 cm³/mol. The standard InChI is InChI=1S/C15H9Cl2NO/c16-10-5-6-13(17)9(7-10)8-12-11-3-1-2-4-14(11)18-15(12)19/h1-8H,(H,18,19)/b12-8+. The molecule has 94 valence electrons. The lowest BCUT2D eigenvalue weighted by Gasteiger charge is -2.01. The molecule has 0 aromatic heterocycles. The summed E-state index contributed by atoms with van der Waals surface area (Å²) < 4.78 is 0. The molecular formula is C15H9Cl2NO. The van der Waals surface area contributed by atoms with Crippen molar-refractivity contribution < 1.29 is 4.79 Å². The third-order valence-electron chi connectivity index (χ3n) is 2.97. The monoisotopic (exact) mass is 289 g/mol. The minimum absolute atomic E-state index is 0.128. The van der Waals surface area contributed by atoms with E-state index < -0.39 is 0 Å². The number of carbonyl (C=O) groups excluding carboxylic acids is 1. The molecule has 2 aromatic rings. The molecule has 0 saturated heterocycles. The van der Waals surface area contributed by atoms with Gasteiger partial charge in [-0.15, -0.1) is 0 Å². The summed E-state index contributed by atoms with van der Waals surface area (Å²) in [5.41, 5.74) is 3.02. The normalized spacial score (nSPS) is 15.5. The zero-order valence-corrected chi connectivity index (χ0v) is 11.3. The molecule has 0 atom stereocenters. The molecule has 2 aromatic carbocycles. The third kappa shape index (κ3) is 2.25. The molecule has 2 nitrogen and oxygen atoms in total. The number of fused-ring (bicyclic) bond motifs is 1. The Labute approximate surface area is 120 Å². The first-order valence-corrected chi connectivity index (χ1v) is 6.48. The first-order chi connectivity index (χ1) is 9.15. The van der Waals surface area contributed by atoms with E-state index in [-0.39, 0.29) is 5.91 Å². The summed E-state index contributed by atoms with van der Waals surface area (Å²) in [5, 5.41) is 3.97. The average Bonchev–Trinajstić information content (AvgIpc) is 2.71. The second kappa shape index (κ2) is 4.72. The van der Waals surface area contributed by atoms with Crippen LogP contribution in [0.4, 0.5) is 5.69 Å². The summed E-state index contributed by atoms with van der Waals surface area (Å²) in [6.07, 6.45) is 1.76. The van der Waals surface area contributed by atoms with Crippen molar-refractivity contribution in [3.05, 3.63) is 63.6 Å². The summed E-state index contributed by atoms with van der Waals surface area (Å²) in [4.78, 5) is 12.0. The zero-order chi connectivity index (χ0) is 13.4. The van der Waals surface area contributed by atoms with E-state index in [2.05, 4.69) is 5.32 Å². The highest BCUT2D eigenvalue weighted by atomic mass is 35.5. The van der Waals surface area contributed by atoms with Gasteiger partial charge in [0.2, 0.25) is 0 Å². The Balaban J connectivity index is 2.14. The average molecular weight is 290 g/mol. The van der Waals surface area contributed by atoms with E-state index in [1.165, 1.54) is 0 Å². The van der Waals surface area contributed by atoms with Crippen molar-refractivity contribution in [1.29, 1.82) is 0 Å². The van der Waals surface area contributed by atoms with Crippen LogP contribution in [0, 0.1) is 0 Å². The van der Waals surface area contributed by atoms with E-state index in [9.17, 15) is 4.79 Å². The number of rotatable bonds is 1. The molecule has 0 bridgehead atoms. The highest BCUT2D eigenvalue weighted by molar-refractivity contribution is 6.37. The summed E-state index contributed by atoms with van der Waals surface area (Å²) in [6, 6.07) is 12.7. The van der Waals surface area contributed by atoms with Gasteiger partial charge in [0.05, 0.1) is 0 Å². The van der Waals surface area contributed by atoms with Gasteiger partial charge < -0.3 is 5.32 Å². The number of hydrogen-bond donors (Lipinski definition) is 1. The SMILES string of the molecule is O=C1Nc2ccccc2/C1=C\c1cc(Cl)ccc1Cl. The van der Waals surface area contributed by atoms with Gasteiger partial charge >= 0.3 is 0 Å². The van der Waals surface area contributed by atoms with E-state index in [1.54, 1.807) is 24.3 Å². The van der Waals surface area contributed by atoms with Crippen molar-refractivity contribution >= 4 is 46.4 Å². The minimum Gasteiger partial charge on any atom is -0.321 e. The predicted octanol–water partition coefficient (Wildman–Crippen LogP) is 4.49. The number of anilines is 1. The zero-order valence-electron chi connectivity index (χ0n) is 9.78. The van der Waals surface area contributed by atoms with E-state index >= 15 is 0 Å². The molecule has 4 heteroatoms. The maximum Gasteiger partial charge on any atom is 0.256 e. The van der Waals surface area contributed by atoms with Gasteiger partial charge in [-0.05, 0) is 35.9 Å². The Morgan fingerprint density at radius 2 is 1.84 bits per heavy atom. The lowest BCUT2D eigenvalue weighted by molar-refractivity contribution is -0.110. The topological polar surface area (TPSA) is 29.1 Å². The molecule has 0 saturated carbocycles. The molecule has 3 rings (SSSR count). The fourth-order valence-electron chi connectivity index (χ4n) is 2.06. The fraction of sp³-hybridized carbons (Fsp3) is 0. The molecule has 19 heavy (non-hydrogen) atoms. The second-order valence-corrected chi connectivity index (χ2v) is 5.07. The number of hydrogen-bond acceptors (Lipinski definition) is 1. The number of para-hydroxylation sites is 1. The molecule has 1 N–H and O–H groups in total. The minimum atomic E-state index is -0.128. The van der Waals surface area contributed by atoms with Gasteiger partial charge in [-0.2, -0.15) is 0 Å². The van der Waals surface area contributed by atoms with Gasteiger partial charge in [0.15, 0.2) is 0 Å². The third-order valence-corrected chi connectivity index (χ3v) is 3.55. The lowest BCUT2D eigenvalue weighted by Crippen LogP contribution is -2.03. The Kier molecular flexibility index (Phi) is 3.05. The molecule has 1 aliphatic rings. The summed E-state index contributed by atoms with van der Waals surface area (Å²) in [6.45, 7) is 0. The number of halogens is 2. The van der Waals surface area contributed by atoms with Gasteiger partial charge in [0.25, 0.3) is 5.91 Å². The Hall–Kier alpha value is -1.77. The van der Waals surface area contributed by atoms with Crippen molar-refractivity contribution in [1.82, 2.24) is 0 Å². The van der Waals surface area contributed by atoms with Gasteiger partial charge in [-0.1, -0.05) is 41.4 Å². The maximum atomic E-state index is 12.0. The summed E-state index contributed by atoms with van der Waals surface area (Å²) in [5.74, 6) is -0.128. The molecule has 0 spiro atoms. The van der Waals surface area contributed by atoms with Crippen molar-refractivity contribution in [2.75, 3.05) is 5.32 Å². The van der Waals surface area contributed by atoms with Crippen LogP contribution < -0.4 is 5.32 Å². The molecule has 0 aliphatic carbocycles. The van der Waals surface area contributed by atoms with Gasteiger partial charge in [-0.25, -0.2) is 0 Å². The van der Waals surface area contributed by atoms with E-state index in [0.29, 0.717) is 15.6 Å². The number of benzene rings is 2. The Morgan fingerprint density at radius 1 is 1.05 bits per heavy atom.